The van der Waals surface area contributed by atoms with Gasteiger partial charge in [0.25, 0.3) is 0 Å². The zero-order valence-electron chi connectivity index (χ0n) is 16.8. The van der Waals surface area contributed by atoms with Crippen LogP contribution in [0.15, 0.2) is 48.5 Å². The Morgan fingerprint density at radius 2 is 0.967 bits per heavy atom. The largest absolute Gasteiger partial charge is 0.472 e. The van der Waals surface area contributed by atoms with E-state index in [-0.39, 0.29) is 12.8 Å². The van der Waals surface area contributed by atoms with Gasteiger partial charge in [-0.3, -0.25) is 9.11 Å². The van der Waals surface area contributed by atoms with Crippen LogP contribution in [0.1, 0.15) is 39.5 Å². The molecule has 2 aromatic carbocycles. The summed E-state index contributed by atoms with van der Waals surface area (Å²) in [6, 6.07) is 13.3. The molecule has 0 fully saturated rings. The molecule has 0 saturated heterocycles. The molecule has 10 heteroatoms. The average molecular weight is 459 g/mol. The van der Waals surface area contributed by atoms with E-state index in [1.54, 1.807) is 62.4 Å². The minimum Gasteiger partial charge on any atom is -0.472 e. The summed E-state index contributed by atoms with van der Waals surface area (Å²) in [5, 5.41) is 0. The van der Waals surface area contributed by atoms with E-state index in [4.69, 9.17) is 9.47 Å². The van der Waals surface area contributed by atoms with Gasteiger partial charge in [-0.15, -0.1) is 0 Å². The molecule has 0 aromatic heterocycles. The monoisotopic (exact) mass is 458 g/mol. The fourth-order valence-electron chi connectivity index (χ4n) is 2.76. The highest BCUT2D eigenvalue weighted by molar-refractivity contribution is 7.86. The van der Waals surface area contributed by atoms with Crippen LogP contribution in [0.4, 0.5) is 0 Å². The standard InChI is InChI=1S/C20H26O8S2/c1-3-5-19(29(21,22)23)27-17-11-7-15(8-12-17)16-9-13-18(14-10-16)28-20(6-4-2)30(24,25)26/h7-14,19-20H,3-6H2,1-2H3,(H,21,22,23)(H,24,25,26). The Morgan fingerprint density at radius 1 is 0.667 bits per heavy atom. The highest BCUT2D eigenvalue weighted by atomic mass is 32.2. The second-order valence-corrected chi connectivity index (χ2v) is 9.86. The van der Waals surface area contributed by atoms with Gasteiger partial charge >= 0.3 is 20.2 Å². The number of hydrogen-bond acceptors (Lipinski definition) is 6. The lowest BCUT2D eigenvalue weighted by atomic mass is 10.1. The molecule has 0 aliphatic carbocycles. The Bertz CT molecular complexity index is 928. The maximum atomic E-state index is 11.4. The van der Waals surface area contributed by atoms with Crippen molar-refractivity contribution in [3.63, 3.8) is 0 Å². The summed E-state index contributed by atoms with van der Waals surface area (Å²) in [6.45, 7) is 3.58. The molecule has 0 amide bonds. The van der Waals surface area contributed by atoms with Crippen LogP contribution >= 0.6 is 0 Å². The fraction of sp³-hybridized carbons (Fsp3) is 0.400. The molecule has 0 spiro atoms. The molecular weight excluding hydrogens is 432 g/mol. The van der Waals surface area contributed by atoms with Crippen LogP contribution in [0, 0.1) is 0 Å². The van der Waals surface area contributed by atoms with Crippen LogP contribution in [0.2, 0.25) is 0 Å². The van der Waals surface area contributed by atoms with Crippen LogP contribution in [-0.4, -0.2) is 36.8 Å². The molecule has 0 aliphatic rings. The number of rotatable bonds is 11. The topological polar surface area (TPSA) is 127 Å². The van der Waals surface area contributed by atoms with E-state index in [2.05, 4.69) is 0 Å². The zero-order valence-corrected chi connectivity index (χ0v) is 18.4. The lowest BCUT2D eigenvalue weighted by molar-refractivity contribution is 0.245. The number of benzene rings is 2. The molecule has 2 aromatic rings. The van der Waals surface area contributed by atoms with Gasteiger partial charge < -0.3 is 9.47 Å². The molecule has 0 aliphatic heterocycles. The lowest BCUT2D eigenvalue weighted by Gasteiger charge is -2.16. The molecule has 0 radical (unpaired) electrons. The summed E-state index contributed by atoms with van der Waals surface area (Å²) in [5.41, 5.74) is -1.01. The summed E-state index contributed by atoms with van der Waals surface area (Å²) < 4.78 is 74.9. The van der Waals surface area contributed by atoms with E-state index < -0.39 is 31.1 Å². The first kappa shape index (κ1) is 24.1. The Kier molecular flexibility index (Phi) is 8.25. The van der Waals surface area contributed by atoms with Crippen molar-refractivity contribution >= 4 is 20.2 Å². The first-order valence-electron chi connectivity index (χ1n) is 9.51. The maximum Gasteiger partial charge on any atom is 0.303 e. The van der Waals surface area contributed by atoms with Crippen molar-refractivity contribution in [1.82, 2.24) is 0 Å². The SMILES string of the molecule is CCCC(Oc1ccc(-c2ccc(OC(CCC)S(=O)(=O)O)cc2)cc1)S(=O)(=O)O. The molecule has 2 rings (SSSR count). The molecule has 166 valence electrons. The van der Waals surface area contributed by atoms with Crippen molar-refractivity contribution in [3.05, 3.63) is 48.5 Å². The molecule has 30 heavy (non-hydrogen) atoms. The van der Waals surface area contributed by atoms with Crippen LogP contribution in [0.3, 0.4) is 0 Å². The van der Waals surface area contributed by atoms with E-state index in [0.717, 1.165) is 11.1 Å². The molecular formula is C20H26O8S2. The molecule has 2 atom stereocenters. The maximum absolute atomic E-state index is 11.4. The van der Waals surface area contributed by atoms with Crippen LogP contribution in [-0.2, 0) is 20.2 Å². The van der Waals surface area contributed by atoms with Gasteiger partial charge in [0.1, 0.15) is 11.5 Å². The second kappa shape index (κ2) is 10.3. The van der Waals surface area contributed by atoms with Crippen molar-refractivity contribution in [2.24, 2.45) is 0 Å². The molecule has 2 unspecified atom stereocenters. The fourth-order valence-corrected chi connectivity index (χ4v) is 4.30. The summed E-state index contributed by atoms with van der Waals surface area (Å²) in [7, 11) is -8.63. The van der Waals surface area contributed by atoms with E-state index in [1.807, 2.05) is 0 Å². The normalized spacial score (nSPS) is 14.1. The van der Waals surface area contributed by atoms with Gasteiger partial charge in [-0.1, -0.05) is 51.0 Å². The minimum atomic E-state index is -4.31. The molecule has 2 N–H and O–H groups in total. The summed E-state index contributed by atoms with van der Waals surface area (Å²) in [4.78, 5) is 0. The van der Waals surface area contributed by atoms with E-state index >= 15 is 0 Å². The highest BCUT2D eigenvalue weighted by Crippen LogP contribution is 2.27. The Labute approximate surface area is 177 Å². The van der Waals surface area contributed by atoms with Gasteiger partial charge in [-0.25, -0.2) is 0 Å². The van der Waals surface area contributed by atoms with Gasteiger partial charge in [0.15, 0.2) is 0 Å². The Balaban J connectivity index is 2.12. The van der Waals surface area contributed by atoms with E-state index in [0.29, 0.717) is 24.3 Å². The predicted molar refractivity (Wildman–Crippen MR) is 114 cm³/mol. The van der Waals surface area contributed by atoms with Gasteiger partial charge in [0.2, 0.25) is 10.9 Å². The third kappa shape index (κ3) is 6.98. The summed E-state index contributed by atoms with van der Waals surface area (Å²) in [6.07, 6.45) is 1.41. The quantitative estimate of drug-likeness (QED) is 0.481. The second-order valence-electron chi connectivity index (χ2n) is 6.75. The third-order valence-electron chi connectivity index (χ3n) is 4.29. The first-order chi connectivity index (χ1) is 14.0. The molecule has 8 nitrogen and oxygen atoms in total. The summed E-state index contributed by atoms with van der Waals surface area (Å²) >= 11 is 0. The van der Waals surface area contributed by atoms with Crippen molar-refractivity contribution in [1.29, 1.82) is 0 Å². The molecule has 0 saturated carbocycles. The van der Waals surface area contributed by atoms with Gasteiger partial charge in [0, 0.05) is 12.8 Å². The number of ether oxygens (including phenoxy) is 2. The third-order valence-corrected chi connectivity index (χ3v) is 6.28. The van der Waals surface area contributed by atoms with Crippen molar-refractivity contribution in [2.75, 3.05) is 0 Å². The zero-order chi connectivity index (χ0) is 22.4. The first-order valence-corrected chi connectivity index (χ1v) is 12.5. The molecule has 0 heterocycles. The van der Waals surface area contributed by atoms with Crippen LogP contribution < -0.4 is 9.47 Å². The average Bonchev–Trinajstić information content (AvgIpc) is 2.67. The Morgan fingerprint density at radius 3 is 1.20 bits per heavy atom. The van der Waals surface area contributed by atoms with E-state index in [9.17, 15) is 25.9 Å². The van der Waals surface area contributed by atoms with Gasteiger partial charge in [-0.05, 0) is 35.4 Å². The lowest BCUT2D eigenvalue weighted by Crippen LogP contribution is -2.26. The van der Waals surface area contributed by atoms with Gasteiger partial charge in [0.05, 0.1) is 0 Å². The Hall–Kier alpha value is -2.14. The number of hydrogen-bond donors (Lipinski definition) is 2. The van der Waals surface area contributed by atoms with E-state index in [1.165, 1.54) is 0 Å². The summed E-state index contributed by atoms with van der Waals surface area (Å²) in [5.74, 6) is 0.621. The molecule has 0 bridgehead atoms. The predicted octanol–water partition coefficient (Wildman–Crippen LogP) is 4.14. The smallest absolute Gasteiger partial charge is 0.303 e. The minimum absolute atomic E-state index is 0.171. The van der Waals surface area contributed by atoms with Crippen LogP contribution in [0.25, 0.3) is 11.1 Å². The highest BCUT2D eigenvalue weighted by Gasteiger charge is 2.25. The van der Waals surface area contributed by atoms with Gasteiger partial charge in [-0.2, -0.15) is 16.8 Å². The van der Waals surface area contributed by atoms with Crippen molar-refractivity contribution < 1.29 is 35.4 Å². The van der Waals surface area contributed by atoms with Crippen LogP contribution in [0.5, 0.6) is 11.5 Å². The van der Waals surface area contributed by atoms with Crippen molar-refractivity contribution in [2.45, 2.75) is 50.4 Å². The van der Waals surface area contributed by atoms with Crippen molar-refractivity contribution in [3.8, 4) is 22.6 Å².